The highest BCUT2D eigenvalue weighted by atomic mass is 35.5. The molecular weight excluding hydrogens is 231 g/mol. The Morgan fingerprint density at radius 1 is 0.733 bits per heavy atom. The maximum Gasteiger partial charge on any atom is 0.136 e. The van der Waals surface area contributed by atoms with Gasteiger partial charge in [-0.2, -0.15) is 0 Å². The molecule has 0 heterocycles. The van der Waals surface area contributed by atoms with E-state index in [1.165, 1.54) is 51.4 Å². The number of hydrogen-bond donors (Lipinski definition) is 0. The fourth-order valence-electron chi connectivity index (χ4n) is 2.79. The maximum atomic E-state index is 6.25. The lowest BCUT2D eigenvalue weighted by Gasteiger charge is -2.24. The van der Waals surface area contributed by atoms with Crippen molar-refractivity contribution in [3.63, 3.8) is 0 Å². The molecular formula is C12H20Cl2O. The first-order chi connectivity index (χ1) is 7.27. The van der Waals surface area contributed by atoms with E-state index in [1.54, 1.807) is 0 Å². The van der Waals surface area contributed by atoms with Crippen LogP contribution in [-0.4, -0.2) is 11.1 Å². The number of rotatable bonds is 4. The Balaban J connectivity index is 1.74. The molecule has 3 heteroatoms. The third kappa shape index (κ3) is 3.25. The van der Waals surface area contributed by atoms with E-state index in [1.807, 2.05) is 0 Å². The van der Waals surface area contributed by atoms with Crippen molar-refractivity contribution in [1.82, 2.24) is 0 Å². The van der Waals surface area contributed by atoms with E-state index >= 15 is 0 Å². The molecule has 0 spiro atoms. The summed E-state index contributed by atoms with van der Waals surface area (Å²) in [5.41, 5.74) is -0.314. The van der Waals surface area contributed by atoms with E-state index < -0.39 is 0 Å². The molecule has 0 amide bonds. The van der Waals surface area contributed by atoms with Crippen molar-refractivity contribution in [2.75, 3.05) is 0 Å². The van der Waals surface area contributed by atoms with Crippen molar-refractivity contribution in [3.05, 3.63) is 0 Å². The molecule has 0 saturated heterocycles. The molecule has 2 atom stereocenters. The molecule has 0 N–H and O–H groups in total. The van der Waals surface area contributed by atoms with Crippen LogP contribution in [0.2, 0.25) is 0 Å². The fraction of sp³-hybridized carbons (Fsp3) is 1.00. The molecule has 2 aliphatic carbocycles. The topological polar surface area (TPSA) is 9.23 Å². The molecule has 88 valence electrons. The third-order valence-corrected chi connectivity index (χ3v) is 4.72. The second-order valence-electron chi connectivity index (χ2n) is 4.93. The predicted molar refractivity (Wildman–Crippen MR) is 64.3 cm³/mol. The van der Waals surface area contributed by atoms with Crippen LogP contribution < -0.4 is 0 Å². The number of halogens is 2. The van der Waals surface area contributed by atoms with E-state index in [2.05, 4.69) is 0 Å². The summed E-state index contributed by atoms with van der Waals surface area (Å²) < 4.78 is 5.75. The summed E-state index contributed by atoms with van der Waals surface area (Å²) in [7, 11) is 0. The van der Waals surface area contributed by atoms with Gasteiger partial charge in [-0.1, -0.05) is 48.9 Å². The third-order valence-electron chi connectivity index (χ3n) is 3.80. The lowest BCUT2D eigenvalue weighted by atomic mass is 10.1. The standard InChI is InChI=1S/C12H20Cl2O/c13-11(9-5-1-2-6-9)15-12(14)10-7-3-4-8-10/h9-12H,1-8H2. The van der Waals surface area contributed by atoms with Crippen LogP contribution in [0, 0.1) is 11.8 Å². The summed E-state index contributed by atoms with van der Waals surface area (Å²) in [5.74, 6) is 1.07. The first-order valence-corrected chi connectivity index (χ1v) is 7.08. The molecule has 0 aromatic heterocycles. The van der Waals surface area contributed by atoms with E-state index in [9.17, 15) is 0 Å². The van der Waals surface area contributed by atoms with Crippen molar-refractivity contribution in [2.24, 2.45) is 11.8 Å². The van der Waals surface area contributed by atoms with Crippen LogP contribution in [0.1, 0.15) is 51.4 Å². The van der Waals surface area contributed by atoms with E-state index in [4.69, 9.17) is 27.9 Å². The van der Waals surface area contributed by atoms with Crippen LogP contribution in [-0.2, 0) is 4.74 Å². The van der Waals surface area contributed by atoms with Gasteiger partial charge in [0.2, 0.25) is 0 Å². The Hall–Kier alpha value is 0.540. The first kappa shape index (κ1) is 12.0. The predicted octanol–water partition coefficient (Wildman–Crippen LogP) is 4.51. The van der Waals surface area contributed by atoms with Gasteiger partial charge in [0.05, 0.1) is 0 Å². The lowest BCUT2D eigenvalue weighted by Crippen LogP contribution is -2.24. The van der Waals surface area contributed by atoms with Crippen LogP contribution in [0.15, 0.2) is 0 Å². The highest BCUT2D eigenvalue weighted by molar-refractivity contribution is 6.22. The molecule has 0 aliphatic heterocycles. The van der Waals surface area contributed by atoms with Crippen LogP contribution in [0.4, 0.5) is 0 Å². The SMILES string of the molecule is ClC(OC(Cl)C1CCCC1)C1CCCC1. The second kappa shape index (κ2) is 5.75. The van der Waals surface area contributed by atoms with E-state index in [-0.39, 0.29) is 11.1 Å². The van der Waals surface area contributed by atoms with Crippen molar-refractivity contribution in [3.8, 4) is 0 Å². The normalized spacial score (nSPS) is 28.4. The van der Waals surface area contributed by atoms with Gasteiger partial charge in [0.15, 0.2) is 0 Å². The van der Waals surface area contributed by atoms with E-state index in [0.29, 0.717) is 11.8 Å². The summed E-state index contributed by atoms with van der Waals surface area (Å²) in [4.78, 5) is 0. The summed E-state index contributed by atoms with van der Waals surface area (Å²) in [6, 6.07) is 0. The zero-order valence-corrected chi connectivity index (χ0v) is 10.6. The molecule has 2 rings (SSSR count). The molecule has 2 fully saturated rings. The summed E-state index contributed by atoms with van der Waals surface area (Å²) >= 11 is 12.5. The molecule has 1 nitrogen and oxygen atoms in total. The Labute approximate surface area is 102 Å². The van der Waals surface area contributed by atoms with E-state index in [0.717, 1.165) is 0 Å². The second-order valence-corrected chi connectivity index (χ2v) is 5.79. The molecule has 0 bridgehead atoms. The Bertz CT molecular complexity index is 166. The smallest absolute Gasteiger partial charge is 0.136 e. The largest absolute Gasteiger partial charge is 0.343 e. The van der Waals surface area contributed by atoms with Gasteiger partial charge in [-0.25, -0.2) is 0 Å². The van der Waals surface area contributed by atoms with Gasteiger partial charge < -0.3 is 4.74 Å². The van der Waals surface area contributed by atoms with Crippen LogP contribution in [0.25, 0.3) is 0 Å². The Morgan fingerprint density at radius 2 is 1.07 bits per heavy atom. The minimum absolute atomic E-state index is 0.157. The zero-order chi connectivity index (χ0) is 10.7. The van der Waals surface area contributed by atoms with Crippen molar-refractivity contribution >= 4 is 23.2 Å². The maximum absolute atomic E-state index is 6.25. The molecule has 0 radical (unpaired) electrons. The van der Waals surface area contributed by atoms with Gasteiger partial charge in [0.1, 0.15) is 11.1 Å². The van der Waals surface area contributed by atoms with Gasteiger partial charge in [-0.05, 0) is 37.5 Å². The first-order valence-electron chi connectivity index (χ1n) is 6.21. The van der Waals surface area contributed by atoms with Crippen LogP contribution in [0.3, 0.4) is 0 Å². The van der Waals surface area contributed by atoms with Crippen molar-refractivity contribution < 1.29 is 4.74 Å². The van der Waals surface area contributed by atoms with Gasteiger partial charge in [-0.15, -0.1) is 0 Å². The average Bonchev–Trinajstić information content (AvgIpc) is 2.91. The molecule has 2 aliphatic rings. The molecule has 2 unspecified atom stereocenters. The molecule has 15 heavy (non-hydrogen) atoms. The highest BCUT2D eigenvalue weighted by Crippen LogP contribution is 2.36. The van der Waals surface area contributed by atoms with Crippen LogP contribution in [0.5, 0.6) is 0 Å². The average molecular weight is 251 g/mol. The van der Waals surface area contributed by atoms with Gasteiger partial charge in [0, 0.05) is 0 Å². The van der Waals surface area contributed by atoms with Gasteiger partial charge in [-0.3, -0.25) is 0 Å². The minimum Gasteiger partial charge on any atom is -0.343 e. The lowest BCUT2D eigenvalue weighted by molar-refractivity contribution is 0.0197. The van der Waals surface area contributed by atoms with Gasteiger partial charge in [0.25, 0.3) is 0 Å². The fourth-order valence-corrected chi connectivity index (χ4v) is 3.56. The van der Waals surface area contributed by atoms with Gasteiger partial charge >= 0.3 is 0 Å². The van der Waals surface area contributed by atoms with Crippen molar-refractivity contribution in [1.29, 1.82) is 0 Å². The Kier molecular flexibility index (Phi) is 4.60. The quantitative estimate of drug-likeness (QED) is 0.668. The highest BCUT2D eigenvalue weighted by Gasteiger charge is 2.30. The number of hydrogen-bond acceptors (Lipinski definition) is 1. The molecule has 2 saturated carbocycles. The summed E-state index contributed by atoms with van der Waals surface area (Å²) in [5, 5.41) is 0. The number of alkyl halides is 2. The number of ether oxygens (including phenoxy) is 1. The summed E-state index contributed by atoms with van der Waals surface area (Å²) in [6.45, 7) is 0. The Morgan fingerprint density at radius 3 is 1.40 bits per heavy atom. The monoisotopic (exact) mass is 250 g/mol. The zero-order valence-electron chi connectivity index (χ0n) is 9.13. The molecule has 0 aromatic carbocycles. The summed E-state index contributed by atoms with van der Waals surface area (Å²) in [6.07, 6.45) is 10.0. The minimum atomic E-state index is -0.157. The molecule has 0 aromatic rings. The van der Waals surface area contributed by atoms with Crippen molar-refractivity contribution in [2.45, 2.75) is 62.5 Å². The van der Waals surface area contributed by atoms with Crippen LogP contribution >= 0.6 is 23.2 Å².